The molecule has 1 aromatic rings. The number of allylic oxidation sites excluding steroid dienone is 3. The maximum atomic E-state index is 11.5. The number of ether oxygens (including phenoxy) is 2. The number of esters is 1. The lowest BCUT2D eigenvalue weighted by atomic mass is 10.1. The van der Waals surface area contributed by atoms with Crippen LogP contribution < -0.4 is 4.74 Å². The van der Waals surface area contributed by atoms with Crippen molar-refractivity contribution in [2.24, 2.45) is 0 Å². The first kappa shape index (κ1) is 17.8. The third kappa shape index (κ3) is 6.04. The lowest BCUT2D eigenvalue weighted by Crippen LogP contribution is -2.02. The lowest BCUT2D eigenvalue weighted by molar-refractivity contribution is 0.0600. The van der Waals surface area contributed by atoms with Crippen molar-refractivity contribution in [2.75, 3.05) is 13.7 Å². The zero-order valence-electron chi connectivity index (χ0n) is 13.7. The minimum Gasteiger partial charge on any atom is -0.504 e. The van der Waals surface area contributed by atoms with Crippen LogP contribution in [-0.4, -0.2) is 24.8 Å². The van der Waals surface area contributed by atoms with Crippen LogP contribution in [0.1, 0.15) is 44.0 Å². The van der Waals surface area contributed by atoms with Gasteiger partial charge >= 0.3 is 5.97 Å². The van der Waals surface area contributed by atoms with E-state index in [1.54, 1.807) is 0 Å². The third-order valence-electron chi connectivity index (χ3n) is 3.14. The molecule has 0 amide bonds. The fourth-order valence-corrected chi connectivity index (χ4v) is 1.84. The Balaban J connectivity index is 2.60. The van der Waals surface area contributed by atoms with Crippen LogP contribution in [-0.2, 0) is 4.74 Å². The average molecular weight is 304 g/mol. The maximum Gasteiger partial charge on any atom is 0.337 e. The van der Waals surface area contributed by atoms with Gasteiger partial charge in [0.2, 0.25) is 0 Å². The van der Waals surface area contributed by atoms with Crippen LogP contribution >= 0.6 is 0 Å². The predicted molar refractivity (Wildman–Crippen MR) is 87.4 cm³/mol. The number of rotatable bonds is 7. The largest absolute Gasteiger partial charge is 0.504 e. The monoisotopic (exact) mass is 304 g/mol. The quantitative estimate of drug-likeness (QED) is 0.604. The van der Waals surface area contributed by atoms with E-state index in [0.29, 0.717) is 12.2 Å². The Morgan fingerprint density at radius 2 is 1.95 bits per heavy atom. The van der Waals surface area contributed by atoms with Crippen LogP contribution in [0.15, 0.2) is 41.5 Å². The van der Waals surface area contributed by atoms with Crippen molar-refractivity contribution in [2.45, 2.75) is 33.6 Å². The minimum atomic E-state index is -0.460. The molecule has 22 heavy (non-hydrogen) atoms. The highest BCUT2D eigenvalue weighted by Crippen LogP contribution is 2.27. The second kappa shape index (κ2) is 8.93. The van der Waals surface area contributed by atoms with Crippen LogP contribution in [0, 0.1) is 0 Å². The van der Waals surface area contributed by atoms with E-state index in [9.17, 15) is 9.90 Å². The lowest BCUT2D eigenvalue weighted by Gasteiger charge is -2.08. The van der Waals surface area contributed by atoms with Gasteiger partial charge in [0, 0.05) is 0 Å². The summed E-state index contributed by atoms with van der Waals surface area (Å²) in [7, 11) is 1.31. The topological polar surface area (TPSA) is 55.8 Å². The van der Waals surface area contributed by atoms with Crippen LogP contribution in [0.25, 0.3) is 0 Å². The summed E-state index contributed by atoms with van der Waals surface area (Å²) < 4.78 is 10.2. The summed E-state index contributed by atoms with van der Waals surface area (Å²) in [6, 6.07) is 4.40. The summed E-state index contributed by atoms with van der Waals surface area (Å²) in [5.41, 5.74) is 2.88. The Morgan fingerprint density at radius 1 is 1.23 bits per heavy atom. The van der Waals surface area contributed by atoms with E-state index in [-0.39, 0.29) is 11.5 Å². The molecule has 4 heteroatoms. The molecule has 120 valence electrons. The van der Waals surface area contributed by atoms with Gasteiger partial charge in [0.25, 0.3) is 0 Å². The molecule has 0 aliphatic heterocycles. The van der Waals surface area contributed by atoms with E-state index < -0.39 is 5.97 Å². The molecule has 1 N–H and O–H groups in total. The zero-order chi connectivity index (χ0) is 16.5. The van der Waals surface area contributed by atoms with Gasteiger partial charge in [-0.3, -0.25) is 0 Å². The third-order valence-corrected chi connectivity index (χ3v) is 3.14. The summed E-state index contributed by atoms with van der Waals surface area (Å²) >= 11 is 0. The van der Waals surface area contributed by atoms with Gasteiger partial charge in [-0.1, -0.05) is 17.2 Å². The van der Waals surface area contributed by atoms with Crippen molar-refractivity contribution in [3.05, 3.63) is 47.1 Å². The highest BCUT2D eigenvalue weighted by Gasteiger charge is 2.09. The van der Waals surface area contributed by atoms with E-state index in [1.165, 1.54) is 36.5 Å². The summed E-state index contributed by atoms with van der Waals surface area (Å²) in [6.07, 6.45) is 6.16. The molecule has 4 nitrogen and oxygen atoms in total. The predicted octanol–water partition coefficient (Wildman–Crippen LogP) is 4.25. The second-order valence-corrected chi connectivity index (χ2v) is 5.36. The average Bonchev–Trinajstić information content (AvgIpc) is 2.48. The van der Waals surface area contributed by atoms with Gasteiger partial charge in [-0.05, 0) is 57.9 Å². The Morgan fingerprint density at radius 3 is 2.59 bits per heavy atom. The molecule has 0 aliphatic carbocycles. The molecule has 0 radical (unpaired) electrons. The molecular formula is C18H24O4. The van der Waals surface area contributed by atoms with E-state index in [1.807, 2.05) is 13.0 Å². The highest BCUT2D eigenvalue weighted by molar-refractivity contribution is 5.90. The second-order valence-electron chi connectivity index (χ2n) is 5.36. The zero-order valence-corrected chi connectivity index (χ0v) is 13.7. The van der Waals surface area contributed by atoms with Gasteiger partial charge in [-0.25, -0.2) is 4.79 Å². The first-order valence-electron chi connectivity index (χ1n) is 7.27. The fraction of sp³-hybridized carbons (Fsp3) is 0.389. The number of hydrogen-bond donors (Lipinski definition) is 1. The van der Waals surface area contributed by atoms with Crippen LogP contribution in [0.4, 0.5) is 0 Å². The first-order chi connectivity index (χ1) is 10.4. The molecule has 0 fully saturated rings. The Kier molecular flexibility index (Phi) is 7.23. The van der Waals surface area contributed by atoms with E-state index in [2.05, 4.69) is 24.7 Å². The Bertz CT molecular complexity index is 566. The maximum absolute atomic E-state index is 11.5. The number of methoxy groups -OCH3 is 1. The number of phenols is 1. The summed E-state index contributed by atoms with van der Waals surface area (Å²) in [5.74, 6) is -0.183. The van der Waals surface area contributed by atoms with E-state index in [0.717, 1.165) is 12.8 Å². The van der Waals surface area contributed by atoms with Crippen molar-refractivity contribution < 1.29 is 19.4 Å². The molecular weight excluding hydrogens is 280 g/mol. The molecule has 0 saturated heterocycles. The summed E-state index contributed by atoms with van der Waals surface area (Å²) in [6.45, 7) is 6.56. The standard InChI is InChI=1S/C18H24O4/c1-13(2)6-5-7-14(3)10-11-22-17-12-15(18(20)21-4)8-9-16(17)19/h6,8-10,12,19H,5,7,11H2,1-4H3. The van der Waals surface area contributed by atoms with Gasteiger partial charge < -0.3 is 14.6 Å². The normalized spacial score (nSPS) is 11.0. The van der Waals surface area contributed by atoms with Gasteiger partial charge in [-0.2, -0.15) is 0 Å². The molecule has 0 spiro atoms. The smallest absolute Gasteiger partial charge is 0.337 e. The highest BCUT2D eigenvalue weighted by atomic mass is 16.5. The van der Waals surface area contributed by atoms with Crippen molar-refractivity contribution >= 4 is 5.97 Å². The molecule has 0 bridgehead atoms. The van der Waals surface area contributed by atoms with Crippen LogP contribution in [0.3, 0.4) is 0 Å². The van der Waals surface area contributed by atoms with Gasteiger partial charge in [-0.15, -0.1) is 0 Å². The van der Waals surface area contributed by atoms with Crippen molar-refractivity contribution in [3.63, 3.8) is 0 Å². The molecule has 0 heterocycles. The number of carbonyl (C=O) groups is 1. The molecule has 0 unspecified atom stereocenters. The fourth-order valence-electron chi connectivity index (χ4n) is 1.84. The molecule has 0 saturated carbocycles. The Hall–Kier alpha value is -2.23. The van der Waals surface area contributed by atoms with Crippen molar-refractivity contribution in [3.8, 4) is 11.5 Å². The SMILES string of the molecule is COC(=O)c1ccc(O)c(OCC=C(C)CCC=C(C)C)c1. The van der Waals surface area contributed by atoms with Gasteiger partial charge in [0.15, 0.2) is 11.5 Å². The molecule has 1 rings (SSSR count). The van der Waals surface area contributed by atoms with Crippen LogP contribution in [0.5, 0.6) is 11.5 Å². The summed E-state index contributed by atoms with van der Waals surface area (Å²) in [5, 5.41) is 9.75. The number of aromatic hydroxyl groups is 1. The number of phenolic OH excluding ortho intramolecular Hbond substituents is 1. The van der Waals surface area contributed by atoms with E-state index >= 15 is 0 Å². The van der Waals surface area contributed by atoms with E-state index in [4.69, 9.17) is 4.74 Å². The number of benzene rings is 1. The molecule has 0 atom stereocenters. The number of hydrogen-bond acceptors (Lipinski definition) is 4. The van der Waals surface area contributed by atoms with Crippen LogP contribution in [0.2, 0.25) is 0 Å². The number of carbonyl (C=O) groups excluding carboxylic acids is 1. The molecule has 1 aromatic carbocycles. The van der Waals surface area contributed by atoms with Gasteiger partial charge in [0.1, 0.15) is 6.61 Å². The van der Waals surface area contributed by atoms with Gasteiger partial charge in [0.05, 0.1) is 12.7 Å². The minimum absolute atomic E-state index is 0.00301. The molecule has 0 aliphatic rings. The Labute approximate surface area is 132 Å². The first-order valence-corrected chi connectivity index (χ1v) is 7.27. The van der Waals surface area contributed by atoms with Crippen molar-refractivity contribution in [1.82, 2.24) is 0 Å². The summed E-state index contributed by atoms with van der Waals surface area (Å²) in [4.78, 5) is 11.5. The molecule has 0 aromatic heterocycles. The van der Waals surface area contributed by atoms with Crippen molar-refractivity contribution in [1.29, 1.82) is 0 Å².